The fourth-order valence-electron chi connectivity index (χ4n) is 0.614. The molecule has 0 aliphatic heterocycles. The standard InChI is InChI=1S/C7H8OS.BF4/c8-7-3-1-6(5-9)2-4-7;2-1(3,4)5/h1-4,8-9H,5H2;/q;-1/p+1. The van der Waals surface area contributed by atoms with Gasteiger partial charge < -0.3 is 22.4 Å². The van der Waals surface area contributed by atoms with Gasteiger partial charge in [-0.05, 0) is 24.8 Å². The molecule has 0 heterocycles. The molecular weight excluding hydrogens is 219 g/mol. The first-order chi connectivity index (χ1) is 6.33. The zero-order valence-electron chi connectivity index (χ0n) is 7.05. The normalized spacial score (nSPS) is 10.4. The first-order valence-corrected chi connectivity index (χ1v) is 4.33. The van der Waals surface area contributed by atoms with Gasteiger partial charge in [-0.1, -0.05) is 12.1 Å². The smallest absolute Gasteiger partial charge is 0.508 e. The molecule has 0 fully saturated rings. The van der Waals surface area contributed by atoms with Crippen molar-refractivity contribution in [1.29, 1.82) is 0 Å². The number of aromatic hydroxyl groups is 1. The summed E-state index contributed by atoms with van der Waals surface area (Å²) in [5.74, 6) is 1.15. The van der Waals surface area contributed by atoms with Crippen LogP contribution in [-0.2, 0) is 18.4 Å². The average Bonchev–Trinajstić information content (AvgIpc) is 2.03. The molecule has 0 aliphatic carbocycles. The van der Waals surface area contributed by atoms with Crippen LogP contribution in [0.3, 0.4) is 0 Å². The van der Waals surface area contributed by atoms with Gasteiger partial charge in [0.2, 0.25) is 0 Å². The molecule has 0 saturated carbocycles. The maximum Gasteiger partial charge on any atom is 0.673 e. The van der Waals surface area contributed by atoms with E-state index in [1.165, 1.54) is 5.56 Å². The number of rotatable bonds is 1. The SMILES string of the molecule is F[B-](F)(F)F.Oc1ccc(C[SH2+])cc1. The Labute approximate surface area is 84.3 Å². The molecule has 7 heteroatoms. The van der Waals surface area contributed by atoms with Crippen LogP contribution in [-0.4, -0.2) is 12.4 Å². The molecule has 1 nitrogen and oxygen atoms in total. The highest BCUT2D eigenvalue weighted by Gasteiger charge is 2.20. The van der Waals surface area contributed by atoms with Crippen LogP contribution >= 0.6 is 0 Å². The molecule has 80 valence electrons. The topological polar surface area (TPSA) is 20.2 Å². The lowest BCUT2D eigenvalue weighted by molar-refractivity contribution is 0.368. The first-order valence-electron chi connectivity index (χ1n) is 3.62. The number of benzene rings is 1. The van der Waals surface area contributed by atoms with Gasteiger partial charge in [-0.15, -0.1) is 0 Å². The van der Waals surface area contributed by atoms with E-state index in [9.17, 15) is 17.3 Å². The average molecular weight is 228 g/mol. The van der Waals surface area contributed by atoms with Gasteiger partial charge in [0.05, 0.1) is 0 Å². The monoisotopic (exact) mass is 228 g/mol. The zero-order chi connectivity index (χ0) is 11.2. The van der Waals surface area contributed by atoms with Crippen LogP contribution in [0.15, 0.2) is 24.3 Å². The lowest BCUT2D eigenvalue weighted by atomic mass is 10.2. The highest BCUT2D eigenvalue weighted by Crippen LogP contribution is 2.09. The molecule has 0 atom stereocenters. The highest BCUT2D eigenvalue weighted by molar-refractivity contribution is 7.57. The summed E-state index contributed by atoms with van der Waals surface area (Å²) >= 11 is 3.35. The number of hydrogen-bond acceptors (Lipinski definition) is 1. The van der Waals surface area contributed by atoms with E-state index in [4.69, 9.17) is 5.11 Å². The largest absolute Gasteiger partial charge is 0.673 e. The van der Waals surface area contributed by atoms with Crippen molar-refractivity contribution in [2.45, 2.75) is 5.75 Å². The maximum absolute atomic E-state index is 9.75. The highest BCUT2D eigenvalue weighted by atomic mass is 32.1. The molecule has 1 N–H and O–H groups in total. The quantitative estimate of drug-likeness (QED) is 0.443. The third kappa shape index (κ3) is 9.24. The molecule has 0 saturated heterocycles. The Morgan fingerprint density at radius 3 is 1.71 bits per heavy atom. The predicted octanol–water partition coefficient (Wildman–Crippen LogP) is 2.20. The van der Waals surface area contributed by atoms with E-state index in [1.807, 2.05) is 12.1 Å². The number of phenols is 1. The second-order valence-corrected chi connectivity index (χ2v) is 2.69. The van der Waals surface area contributed by atoms with Crippen molar-refractivity contribution in [1.82, 2.24) is 0 Å². The predicted molar refractivity (Wildman–Crippen MR) is 52.2 cm³/mol. The molecule has 1 rings (SSSR count). The summed E-state index contributed by atoms with van der Waals surface area (Å²) < 4.78 is 39.0. The summed E-state index contributed by atoms with van der Waals surface area (Å²) in [5, 5.41) is 8.84. The summed E-state index contributed by atoms with van der Waals surface area (Å²) in [6.45, 7) is 0. The summed E-state index contributed by atoms with van der Waals surface area (Å²) in [6, 6.07) is 7.11. The van der Waals surface area contributed by atoms with Crippen molar-refractivity contribution in [2.75, 3.05) is 0 Å². The van der Waals surface area contributed by atoms with Gasteiger partial charge in [0.15, 0.2) is 0 Å². The summed E-state index contributed by atoms with van der Waals surface area (Å²) in [7, 11) is -6.00. The molecule has 14 heavy (non-hydrogen) atoms. The molecular formula is C7H9BF4OS. The fraction of sp³-hybridized carbons (Fsp3) is 0.143. The van der Waals surface area contributed by atoms with Crippen LogP contribution in [0, 0.1) is 0 Å². The molecule has 0 aliphatic rings. The van der Waals surface area contributed by atoms with Gasteiger partial charge in [-0.2, -0.15) is 0 Å². The lowest BCUT2D eigenvalue weighted by Gasteiger charge is -1.94. The molecule has 0 amide bonds. The summed E-state index contributed by atoms with van der Waals surface area (Å²) in [6.07, 6.45) is 0. The molecule has 0 aromatic heterocycles. The Morgan fingerprint density at radius 2 is 1.43 bits per heavy atom. The third-order valence-electron chi connectivity index (χ3n) is 1.14. The van der Waals surface area contributed by atoms with Gasteiger partial charge in [0.25, 0.3) is 0 Å². The Hall–Kier alpha value is -0.845. The van der Waals surface area contributed by atoms with E-state index in [0.29, 0.717) is 5.75 Å². The van der Waals surface area contributed by atoms with Crippen LogP contribution < -0.4 is 0 Å². The number of hydrogen-bond donors (Lipinski definition) is 1. The van der Waals surface area contributed by atoms with Crippen molar-refractivity contribution in [3.05, 3.63) is 29.8 Å². The third-order valence-corrected chi connectivity index (χ3v) is 1.55. The molecule has 0 spiro atoms. The minimum absolute atomic E-state index is 0.318. The van der Waals surface area contributed by atoms with Gasteiger partial charge in [0.1, 0.15) is 11.5 Å². The van der Waals surface area contributed by atoms with E-state index in [-0.39, 0.29) is 0 Å². The fourth-order valence-corrected chi connectivity index (χ4v) is 0.850. The van der Waals surface area contributed by atoms with Crippen LogP contribution in [0.1, 0.15) is 5.56 Å². The molecule has 0 unspecified atom stereocenters. The van der Waals surface area contributed by atoms with Crippen LogP contribution in [0.25, 0.3) is 0 Å². The number of halogens is 4. The molecule has 0 bridgehead atoms. The van der Waals surface area contributed by atoms with Gasteiger partial charge in [-0.3, -0.25) is 0 Å². The summed E-state index contributed by atoms with van der Waals surface area (Å²) in [4.78, 5) is 0. The molecule has 0 radical (unpaired) electrons. The van der Waals surface area contributed by atoms with Crippen molar-refractivity contribution >= 4 is 19.9 Å². The van der Waals surface area contributed by atoms with Gasteiger partial charge in [-0.25, -0.2) is 0 Å². The Morgan fingerprint density at radius 1 is 1.07 bits per heavy atom. The Balaban J connectivity index is 0.000000292. The van der Waals surface area contributed by atoms with Crippen molar-refractivity contribution in [2.24, 2.45) is 0 Å². The van der Waals surface area contributed by atoms with E-state index in [2.05, 4.69) is 12.6 Å². The van der Waals surface area contributed by atoms with Crippen molar-refractivity contribution in [3.63, 3.8) is 0 Å². The first kappa shape index (κ1) is 13.2. The molecule has 1 aromatic rings. The minimum atomic E-state index is -6.00. The Bertz CT molecular complexity index is 255. The number of phenolic OH excluding ortho intramolecular Hbond substituents is 1. The second-order valence-electron chi connectivity index (χ2n) is 2.34. The lowest BCUT2D eigenvalue weighted by Crippen LogP contribution is -2.02. The Kier molecular flexibility index (Phi) is 5.45. The second kappa shape index (κ2) is 5.80. The minimum Gasteiger partial charge on any atom is -0.508 e. The molecule has 1 aromatic carbocycles. The van der Waals surface area contributed by atoms with E-state index >= 15 is 0 Å². The van der Waals surface area contributed by atoms with E-state index < -0.39 is 7.25 Å². The van der Waals surface area contributed by atoms with Crippen molar-refractivity contribution < 1.29 is 22.4 Å². The van der Waals surface area contributed by atoms with Gasteiger partial charge in [0, 0.05) is 5.56 Å². The van der Waals surface area contributed by atoms with Crippen LogP contribution in [0.2, 0.25) is 0 Å². The van der Waals surface area contributed by atoms with E-state index in [1.54, 1.807) is 12.1 Å². The summed E-state index contributed by atoms with van der Waals surface area (Å²) in [5.41, 5.74) is 1.17. The van der Waals surface area contributed by atoms with Gasteiger partial charge >= 0.3 is 7.25 Å². The maximum atomic E-state index is 9.75. The van der Waals surface area contributed by atoms with Crippen molar-refractivity contribution in [3.8, 4) is 5.75 Å². The van der Waals surface area contributed by atoms with Crippen LogP contribution in [0.4, 0.5) is 17.3 Å². The van der Waals surface area contributed by atoms with Crippen LogP contribution in [0.5, 0.6) is 5.75 Å². The van der Waals surface area contributed by atoms with E-state index in [0.717, 1.165) is 5.75 Å². The zero-order valence-corrected chi connectivity index (χ0v) is 8.05.